The van der Waals surface area contributed by atoms with E-state index in [1.165, 1.54) is 44.6 Å². The van der Waals surface area contributed by atoms with Crippen LogP contribution in [0.5, 0.6) is 5.88 Å². The van der Waals surface area contributed by atoms with Crippen LogP contribution in [0.3, 0.4) is 0 Å². The van der Waals surface area contributed by atoms with Crippen LogP contribution >= 0.6 is 0 Å². The molecule has 3 fully saturated rings. The van der Waals surface area contributed by atoms with Gasteiger partial charge in [0.25, 0.3) is 5.95 Å². The summed E-state index contributed by atoms with van der Waals surface area (Å²) in [6.07, 6.45) is 9.56. The highest BCUT2D eigenvalue weighted by atomic mass is 32.2. The summed E-state index contributed by atoms with van der Waals surface area (Å²) in [6.45, 7) is 2.63. The van der Waals surface area contributed by atoms with Crippen LogP contribution in [0.25, 0.3) is 0 Å². The molecule has 0 unspecified atom stereocenters. The second kappa shape index (κ2) is 7.83. The van der Waals surface area contributed by atoms with Gasteiger partial charge in [-0.05, 0) is 67.5 Å². The van der Waals surface area contributed by atoms with E-state index in [1.54, 1.807) is 12.1 Å². The van der Waals surface area contributed by atoms with Crippen molar-refractivity contribution in [2.75, 3.05) is 30.9 Å². The van der Waals surface area contributed by atoms with Gasteiger partial charge in [-0.25, -0.2) is 13.4 Å². The average molecular weight is 433 g/mol. The van der Waals surface area contributed by atoms with Crippen molar-refractivity contribution in [3.8, 4) is 5.88 Å². The minimum absolute atomic E-state index is 0.216. The summed E-state index contributed by atoms with van der Waals surface area (Å²) in [7, 11) is -3.22. The van der Waals surface area contributed by atoms with Crippen LogP contribution < -0.4 is 9.64 Å². The third-order valence-electron chi connectivity index (χ3n) is 6.64. The minimum atomic E-state index is -3.22. The Morgan fingerprint density at radius 2 is 2.00 bits per heavy atom. The number of hydrogen-bond donors (Lipinski definition) is 0. The van der Waals surface area contributed by atoms with Crippen LogP contribution in [0.4, 0.5) is 5.95 Å². The molecule has 162 valence electrons. The number of hydrogen-bond acceptors (Lipinski definition) is 8. The number of pyridine rings is 1. The SMILES string of the molecule is CS(=O)(=O)c1ccc(OCC[C@@H]2C[C@@H]2C2CCN(c3noc(C4CC4)n3)CC2)nc1. The van der Waals surface area contributed by atoms with E-state index < -0.39 is 9.84 Å². The Balaban J connectivity index is 1.03. The largest absolute Gasteiger partial charge is 0.478 e. The lowest BCUT2D eigenvalue weighted by atomic mass is 9.90. The van der Waals surface area contributed by atoms with Gasteiger partial charge in [-0.2, -0.15) is 4.98 Å². The number of ether oxygens (including phenoxy) is 1. The topological polar surface area (TPSA) is 98.4 Å². The molecule has 0 aromatic carbocycles. The molecular weight excluding hydrogens is 404 g/mol. The smallest absolute Gasteiger partial charge is 0.266 e. The zero-order valence-electron chi connectivity index (χ0n) is 17.2. The summed E-state index contributed by atoms with van der Waals surface area (Å²) in [6, 6.07) is 3.17. The molecule has 9 heteroatoms. The van der Waals surface area contributed by atoms with E-state index in [0.717, 1.165) is 49.1 Å². The van der Waals surface area contributed by atoms with E-state index in [2.05, 4.69) is 20.0 Å². The summed E-state index contributed by atoms with van der Waals surface area (Å²) in [5.41, 5.74) is 0. The van der Waals surface area contributed by atoms with Gasteiger partial charge in [0.15, 0.2) is 9.84 Å². The lowest BCUT2D eigenvalue weighted by molar-refractivity contribution is 0.275. The molecule has 5 rings (SSSR count). The molecule has 2 aromatic rings. The number of rotatable bonds is 8. The van der Waals surface area contributed by atoms with Gasteiger partial charge in [-0.15, -0.1) is 0 Å². The fourth-order valence-electron chi connectivity index (χ4n) is 4.55. The van der Waals surface area contributed by atoms with Gasteiger partial charge in [0.1, 0.15) is 0 Å². The molecule has 2 saturated carbocycles. The first-order valence-electron chi connectivity index (χ1n) is 10.8. The van der Waals surface area contributed by atoms with E-state index in [-0.39, 0.29) is 4.90 Å². The maximum absolute atomic E-state index is 11.5. The lowest BCUT2D eigenvalue weighted by Crippen LogP contribution is -2.35. The molecule has 2 atom stereocenters. The van der Waals surface area contributed by atoms with E-state index in [0.29, 0.717) is 18.4 Å². The molecule has 0 spiro atoms. The van der Waals surface area contributed by atoms with Crippen LogP contribution in [0.1, 0.15) is 50.3 Å². The van der Waals surface area contributed by atoms with Crippen LogP contribution in [0.15, 0.2) is 27.7 Å². The number of aromatic nitrogens is 3. The van der Waals surface area contributed by atoms with E-state index in [1.807, 2.05) is 0 Å². The normalized spacial score (nSPS) is 24.8. The van der Waals surface area contributed by atoms with Gasteiger partial charge in [-0.1, -0.05) is 0 Å². The molecule has 8 nitrogen and oxygen atoms in total. The predicted octanol–water partition coefficient (Wildman–Crippen LogP) is 3.07. The molecule has 0 N–H and O–H groups in total. The van der Waals surface area contributed by atoms with E-state index >= 15 is 0 Å². The van der Waals surface area contributed by atoms with Crippen LogP contribution in [0.2, 0.25) is 0 Å². The lowest BCUT2D eigenvalue weighted by Gasteiger charge is -2.31. The number of anilines is 1. The first-order valence-corrected chi connectivity index (χ1v) is 12.7. The highest BCUT2D eigenvalue weighted by Crippen LogP contribution is 2.50. The molecule has 1 aliphatic heterocycles. The third kappa shape index (κ3) is 4.45. The molecule has 0 amide bonds. The first kappa shape index (κ1) is 19.8. The van der Waals surface area contributed by atoms with Crippen LogP contribution in [-0.4, -0.2) is 49.5 Å². The summed E-state index contributed by atoms with van der Waals surface area (Å²) in [5.74, 6) is 4.87. The monoisotopic (exact) mass is 432 g/mol. The summed E-state index contributed by atoms with van der Waals surface area (Å²) >= 11 is 0. The van der Waals surface area contributed by atoms with E-state index in [4.69, 9.17) is 9.26 Å². The quantitative estimate of drug-likeness (QED) is 0.628. The number of piperidine rings is 1. The molecule has 0 radical (unpaired) electrons. The molecule has 3 aliphatic rings. The van der Waals surface area contributed by atoms with Crippen molar-refractivity contribution in [1.82, 2.24) is 15.1 Å². The fraction of sp³-hybridized carbons (Fsp3) is 0.667. The zero-order valence-corrected chi connectivity index (χ0v) is 18.1. The molecule has 30 heavy (non-hydrogen) atoms. The first-order chi connectivity index (χ1) is 14.5. The Morgan fingerprint density at radius 1 is 1.20 bits per heavy atom. The molecule has 0 bridgehead atoms. The third-order valence-corrected chi connectivity index (χ3v) is 7.74. The second-order valence-corrected chi connectivity index (χ2v) is 10.9. The molecular formula is C21H28N4O4S. The fourth-order valence-corrected chi connectivity index (χ4v) is 5.11. The van der Waals surface area contributed by atoms with Crippen molar-refractivity contribution in [3.63, 3.8) is 0 Å². The summed E-state index contributed by atoms with van der Waals surface area (Å²) < 4.78 is 34.1. The minimum Gasteiger partial charge on any atom is -0.478 e. The zero-order chi connectivity index (χ0) is 20.7. The van der Waals surface area contributed by atoms with Gasteiger partial charge in [-0.3, -0.25) is 0 Å². The van der Waals surface area contributed by atoms with Gasteiger partial charge < -0.3 is 14.2 Å². The number of sulfone groups is 1. The van der Waals surface area contributed by atoms with Crippen molar-refractivity contribution < 1.29 is 17.7 Å². The maximum Gasteiger partial charge on any atom is 0.266 e. The average Bonchev–Trinajstić information content (AvgIpc) is 3.67. The van der Waals surface area contributed by atoms with Crippen molar-refractivity contribution in [3.05, 3.63) is 24.2 Å². The highest BCUT2D eigenvalue weighted by Gasteiger charge is 2.43. The van der Waals surface area contributed by atoms with Gasteiger partial charge in [0, 0.05) is 37.5 Å². The highest BCUT2D eigenvalue weighted by molar-refractivity contribution is 7.90. The Hall–Kier alpha value is -2.16. The Kier molecular flexibility index (Phi) is 5.16. The summed E-state index contributed by atoms with van der Waals surface area (Å²) in [5, 5.41) is 4.17. The standard InChI is InChI=1S/C21H28N4O4S/c1-30(26,27)17-4-5-19(22-13-17)28-11-8-16-12-18(16)14-6-9-25(10-7-14)21-23-20(29-24-21)15-2-3-15/h4-5,13-16,18H,2-3,6-12H2,1H3/t16-,18-/m1/s1. The molecule has 2 aromatic heterocycles. The summed E-state index contributed by atoms with van der Waals surface area (Å²) in [4.78, 5) is 11.2. The van der Waals surface area contributed by atoms with Crippen LogP contribution in [0, 0.1) is 17.8 Å². The Morgan fingerprint density at radius 3 is 2.67 bits per heavy atom. The molecule has 1 saturated heterocycles. The van der Waals surface area contributed by atoms with Crippen LogP contribution in [-0.2, 0) is 9.84 Å². The Bertz CT molecular complexity index is 979. The van der Waals surface area contributed by atoms with Crippen molar-refractivity contribution in [2.24, 2.45) is 17.8 Å². The number of nitrogens with zero attached hydrogens (tertiary/aromatic N) is 4. The maximum atomic E-state index is 11.5. The molecule has 2 aliphatic carbocycles. The van der Waals surface area contributed by atoms with Gasteiger partial charge in [0.05, 0.1) is 11.5 Å². The van der Waals surface area contributed by atoms with Crippen molar-refractivity contribution >= 4 is 15.8 Å². The predicted molar refractivity (Wildman–Crippen MR) is 110 cm³/mol. The van der Waals surface area contributed by atoms with Gasteiger partial charge in [0.2, 0.25) is 11.8 Å². The van der Waals surface area contributed by atoms with Crippen molar-refractivity contribution in [1.29, 1.82) is 0 Å². The molecule has 3 heterocycles. The second-order valence-electron chi connectivity index (χ2n) is 8.93. The Labute approximate surface area is 176 Å². The van der Waals surface area contributed by atoms with E-state index in [9.17, 15) is 8.42 Å². The van der Waals surface area contributed by atoms with Gasteiger partial charge >= 0.3 is 0 Å². The van der Waals surface area contributed by atoms with Crippen molar-refractivity contribution in [2.45, 2.75) is 49.3 Å².